The molecule has 0 saturated carbocycles. The minimum Gasteiger partial charge on any atom is -0.846 e. The second-order valence-electron chi connectivity index (χ2n) is 1.73. The second-order valence-corrected chi connectivity index (χ2v) is 1.73. The summed E-state index contributed by atoms with van der Waals surface area (Å²) in [7, 11) is 0. The van der Waals surface area contributed by atoms with E-state index in [1.54, 1.807) is 0 Å². The third-order valence-electron chi connectivity index (χ3n) is 0.761. The second kappa shape index (κ2) is 21.7. The van der Waals surface area contributed by atoms with Crippen LogP contribution < -0.4 is 39.9 Å². The quantitative estimate of drug-likeness (QED) is 0.238. The van der Waals surface area contributed by atoms with Gasteiger partial charge in [0.25, 0.3) is 0 Å². The molecule has 0 heterocycles. The first-order chi connectivity index (χ1) is 6.20. The van der Waals surface area contributed by atoms with E-state index in [2.05, 4.69) is 0 Å². The van der Waals surface area contributed by atoms with Crippen molar-refractivity contribution in [1.82, 2.24) is 24.6 Å². The van der Waals surface area contributed by atoms with E-state index in [1.807, 2.05) is 0 Å². The number of carboxylic acid groups (broad SMARTS) is 2. The molecule has 0 saturated heterocycles. The molecule has 0 spiro atoms. The molecule has 0 rings (SSSR count). The largest absolute Gasteiger partial charge is 3.00 e. The summed E-state index contributed by atoms with van der Waals surface area (Å²) in [5.74, 6) is -4.29. The number of aliphatic hydroxyl groups is 1. The number of carbonyl (C=O) groups is 2. The average Bonchev–Trinajstić information content (AvgIpc) is 2.00. The van der Waals surface area contributed by atoms with Crippen LogP contribution in [0.1, 0.15) is 0 Å². The number of aliphatic hydroxyl groups excluding tert-OH is 1. The summed E-state index contributed by atoms with van der Waals surface area (Å²) in [6, 6.07) is 0. The maximum Gasteiger partial charge on any atom is 3.00 e. The Kier molecular flexibility index (Phi) is 49.3. The zero-order valence-electron chi connectivity index (χ0n) is 9.48. The zero-order chi connectivity index (χ0) is 11.9. The molecule has 120 valence electrons. The molecule has 0 fully saturated rings. The molecular weight excluding hydrogens is 321 g/mol. The summed E-state index contributed by atoms with van der Waals surface area (Å²) >= 11 is 0. The van der Waals surface area contributed by atoms with Gasteiger partial charge in [-0.3, -0.25) is 0 Å². The Morgan fingerprint density at radius 2 is 1.16 bits per heavy atom. The Labute approximate surface area is 117 Å². The molecular formula is C4H15CoN5O9-. The molecule has 14 nitrogen and oxygen atoms in total. The van der Waals surface area contributed by atoms with Gasteiger partial charge in [0.1, 0.15) is 0 Å². The number of carboxylic acids is 2. The van der Waals surface area contributed by atoms with E-state index in [9.17, 15) is 24.9 Å². The van der Waals surface area contributed by atoms with Crippen molar-refractivity contribution in [2.24, 2.45) is 0 Å². The van der Waals surface area contributed by atoms with E-state index < -0.39 is 29.2 Å². The van der Waals surface area contributed by atoms with Crippen LogP contribution in [0.15, 0.2) is 0 Å². The Morgan fingerprint density at radius 3 is 1.21 bits per heavy atom. The number of hydrogen-bond donors (Lipinski definition) is 5. The van der Waals surface area contributed by atoms with Gasteiger partial charge in [0, 0.05) is 5.97 Å². The van der Waals surface area contributed by atoms with Gasteiger partial charge in [-0.15, -0.1) is 0 Å². The van der Waals surface area contributed by atoms with E-state index in [-0.39, 0.29) is 41.4 Å². The molecule has 0 aromatic carbocycles. The van der Waals surface area contributed by atoms with Crippen LogP contribution in [0.4, 0.5) is 0 Å². The summed E-state index contributed by atoms with van der Waals surface area (Å²) in [5.41, 5.74) is 0. The van der Waals surface area contributed by atoms with Crippen molar-refractivity contribution >= 4 is 11.9 Å². The van der Waals surface area contributed by atoms with Crippen LogP contribution in [0.2, 0.25) is 0 Å². The molecule has 0 aliphatic heterocycles. The molecule has 0 aliphatic rings. The molecule has 0 amide bonds. The minimum atomic E-state index is -2.69. The Hall–Kier alpha value is -1.59. The molecule has 0 aromatic rings. The molecule has 15 heteroatoms. The Bertz CT molecular complexity index is 219. The minimum absolute atomic E-state index is 0. The molecule has 0 radical (unpaired) electrons. The van der Waals surface area contributed by atoms with Gasteiger partial charge in [-0.2, -0.15) is 0 Å². The number of carbonyl (C=O) groups excluding carboxylic acids is 2. The molecule has 0 bridgehead atoms. The Balaban J connectivity index is -0.0000000288. The predicted molar refractivity (Wildman–Crippen MR) is 50.3 cm³/mol. The summed E-state index contributed by atoms with van der Waals surface area (Å²) in [6.07, 6.45) is -5.24. The van der Waals surface area contributed by atoms with Crippen LogP contribution >= 0.6 is 0 Å². The molecule has 13 N–H and O–H groups in total. The van der Waals surface area contributed by atoms with Crippen LogP contribution in [0.3, 0.4) is 0 Å². The summed E-state index contributed by atoms with van der Waals surface area (Å²) in [4.78, 5) is 27.4. The fourth-order valence-electron chi connectivity index (χ4n) is 0.252. The maximum atomic E-state index is 10.0. The third-order valence-corrected chi connectivity index (χ3v) is 0.761. The molecule has 2 atom stereocenters. The number of hydrogen-bond acceptors (Lipinski definition) is 13. The standard InChI is InChI=1S/C4H5O6.Co.NO3.4H3N/c5-1(3(7)8)2(6)4(9)10;;2-1(3)4;;;;/h1-2,5H,(H,7,8)(H,9,10);;;4*1H3/q-1;+3;-1;;;;/p-2. The van der Waals surface area contributed by atoms with Crippen LogP contribution in [0.25, 0.3) is 0 Å². The van der Waals surface area contributed by atoms with E-state index in [0.29, 0.717) is 0 Å². The van der Waals surface area contributed by atoms with Crippen LogP contribution in [-0.4, -0.2) is 34.3 Å². The van der Waals surface area contributed by atoms with Gasteiger partial charge in [-0.25, -0.2) is 0 Å². The molecule has 19 heavy (non-hydrogen) atoms. The first-order valence-electron chi connectivity index (χ1n) is 2.77. The van der Waals surface area contributed by atoms with Crippen LogP contribution in [0.5, 0.6) is 0 Å². The monoisotopic (exact) mass is 336 g/mol. The molecule has 0 aromatic heterocycles. The van der Waals surface area contributed by atoms with Crippen molar-refractivity contribution in [3.05, 3.63) is 15.3 Å². The first kappa shape index (κ1) is 43.3. The zero-order valence-corrected chi connectivity index (χ0v) is 10.5. The topological polar surface area (TPSA) is 330 Å². The molecule has 0 aliphatic carbocycles. The van der Waals surface area contributed by atoms with Gasteiger partial charge >= 0.3 is 16.8 Å². The van der Waals surface area contributed by atoms with Crippen molar-refractivity contribution in [3.63, 3.8) is 0 Å². The molecule has 2 unspecified atom stereocenters. The fourth-order valence-corrected chi connectivity index (χ4v) is 0.252. The van der Waals surface area contributed by atoms with Crippen LogP contribution in [-0.2, 0) is 26.4 Å². The van der Waals surface area contributed by atoms with Gasteiger partial charge in [-0.1, -0.05) is 6.10 Å². The van der Waals surface area contributed by atoms with Crippen LogP contribution in [0, 0.1) is 15.3 Å². The van der Waals surface area contributed by atoms with Crippen molar-refractivity contribution in [1.29, 1.82) is 0 Å². The van der Waals surface area contributed by atoms with Crippen molar-refractivity contribution in [2.75, 3.05) is 0 Å². The Morgan fingerprint density at radius 1 is 0.947 bits per heavy atom. The third kappa shape index (κ3) is 31.4. The first-order valence-corrected chi connectivity index (χ1v) is 2.77. The summed E-state index contributed by atoms with van der Waals surface area (Å²) < 4.78 is 0. The van der Waals surface area contributed by atoms with E-state index in [0.717, 1.165) is 0 Å². The normalized spacial score (nSPS) is 9.58. The van der Waals surface area contributed by atoms with Gasteiger partial charge in [-0.05, 0) is 0 Å². The van der Waals surface area contributed by atoms with E-state index in [1.165, 1.54) is 0 Å². The summed E-state index contributed by atoms with van der Waals surface area (Å²) in [5, 5.41) is 52.1. The maximum absolute atomic E-state index is 10.0. The van der Waals surface area contributed by atoms with Gasteiger partial charge in [0.05, 0.1) is 17.2 Å². The number of rotatable bonds is 3. The van der Waals surface area contributed by atoms with Gasteiger partial charge in [0.15, 0.2) is 0 Å². The van der Waals surface area contributed by atoms with E-state index >= 15 is 0 Å². The smallest absolute Gasteiger partial charge is 0.846 e. The van der Waals surface area contributed by atoms with Crippen molar-refractivity contribution < 1.29 is 51.9 Å². The van der Waals surface area contributed by atoms with Crippen molar-refractivity contribution in [2.45, 2.75) is 12.2 Å². The van der Waals surface area contributed by atoms with Gasteiger partial charge in [0.2, 0.25) is 0 Å². The fraction of sp³-hybridized carbons (Fsp3) is 0.500. The van der Waals surface area contributed by atoms with Gasteiger partial charge < -0.3 is 69.9 Å². The number of nitrogens with zero attached hydrogens (tertiary/aromatic N) is 1. The average molecular weight is 336 g/mol. The van der Waals surface area contributed by atoms with E-state index in [4.69, 9.17) is 20.4 Å². The predicted octanol–water partition coefficient (Wildman–Crippen LogP) is -5.02. The SMILES string of the molecule is N.N.N.N.O=C([O-])C([O-])C(O)C(=O)[O-].O=[N+]([O-])[O-].[Co+3]. The summed E-state index contributed by atoms with van der Waals surface area (Å²) in [6.45, 7) is 0. The van der Waals surface area contributed by atoms with Crippen molar-refractivity contribution in [3.8, 4) is 0 Å². The number of aliphatic carboxylic acids is 2.